The molecule has 29 heavy (non-hydrogen) atoms. The third-order valence-electron chi connectivity index (χ3n) is 5.75. The number of hydrogen-bond donors (Lipinski definition) is 2. The molecule has 1 aromatic carbocycles. The number of carbonyl (C=O) groups is 2. The highest BCUT2D eigenvalue weighted by atomic mass is 16.5. The standard InChI is InChI=1S/C22H24N2O5/c1-27-15-7-8-18(28-2)17(11-15)24-22(26)20-14-6-5-13(10-14)19(20)21(25)23-12-16-4-3-9-29-16/h3-9,11,13-14,19-20H,10,12H2,1-2H3,(H,23,25)(H,24,26)/t13-,14-,19+,20-/m1/s1. The molecule has 2 amide bonds. The summed E-state index contributed by atoms with van der Waals surface area (Å²) in [6, 6.07) is 8.80. The van der Waals surface area contributed by atoms with E-state index in [1.807, 2.05) is 6.08 Å². The SMILES string of the molecule is COc1ccc(OC)c(NC(=O)[C@H]2[C@@H](C(=O)NCc3ccco3)[C@@H]3C=C[C@@H]2C3)c1. The van der Waals surface area contributed by atoms with Crippen LogP contribution in [0, 0.1) is 23.7 Å². The largest absolute Gasteiger partial charge is 0.497 e. The van der Waals surface area contributed by atoms with E-state index in [0.29, 0.717) is 29.5 Å². The number of rotatable bonds is 7. The van der Waals surface area contributed by atoms with Crippen LogP contribution in [0.3, 0.4) is 0 Å². The number of amides is 2. The van der Waals surface area contributed by atoms with Crippen molar-refractivity contribution in [2.75, 3.05) is 19.5 Å². The van der Waals surface area contributed by atoms with E-state index in [1.165, 1.54) is 0 Å². The first-order valence-electron chi connectivity index (χ1n) is 9.62. The quantitative estimate of drug-likeness (QED) is 0.703. The molecule has 1 aromatic heterocycles. The van der Waals surface area contributed by atoms with E-state index in [0.717, 1.165) is 6.42 Å². The van der Waals surface area contributed by atoms with Crippen LogP contribution < -0.4 is 20.1 Å². The first-order chi connectivity index (χ1) is 14.1. The molecule has 2 aliphatic rings. The smallest absolute Gasteiger partial charge is 0.229 e. The van der Waals surface area contributed by atoms with Crippen LogP contribution in [0.1, 0.15) is 12.2 Å². The van der Waals surface area contributed by atoms with Crippen molar-refractivity contribution >= 4 is 17.5 Å². The molecular formula is C22H24N2O5. The lowest BCUT2D eigenvalue weighted by molar-refractivity contribution is -0.133. The van der Waals surface area contributed by atoms with Gasteiger partial charge in [0.25, 0.3) is 0 Å². The van der Waals surface area contributed by atoms with E-state index < -0.39 is 11.8 Å². The lowest BCUT2D eigenvalue weighted by Crippen LogP contribution is -2.41. The number of carbonyl (C=O) groups excluding carboxylic acids is 2. The number of hydrogen-bond acceptors (Lipinski definition) is 5. The molecular weight excluding hydrogens is 372 g/mol. The molecule has 0 saturated heterocycles. The molecule has 2 N–H and O–H groups in total. The summed E-state index contributed by atoms with van der Waals surface area (Å²) in [5.41, 5.74) is 0.526. The van der Waals surface area contributed by atoms with E-state index in [9.17, 15) is 9.59 Å². The first kappa shape index (κ1) is 19.1. The van der Waals surface area contributed by atoms with E-state index in [4.69, 9.17) is 13.9 Å². The number of fused-ring (bicyclic) bond motifs is 2. The van der Waals surface area contributed by atoms with Crippen molar-refractivity contribution in [1.82, 2.24) is 5.32 Å². The number of anilines is 1. The van der Waals surface area contributed by atoms with Gasteiger partial charge in [-0.25, -0.2) is 0 Å². The summed E-state index contributed by atoms with van der Waals surface area (Å²) in [6.45, 7) is 0.307. The van der Waals surface area contributed by atoms with Gasteiger partial charge in [0.05, 0.1) is 44.6 Å². The predicted molar refractivity (Wildman–Crippen MR) is 106 cm³/mol. The Morgan fingerprint density at radius 2 is 1.83 bits per heavy atom. The molecule has 0 radical (unpaired) electrons. The second-order valence-electron chi connectivity index (χ2n) is 7.35. The zero-order valence-corrected chi connectivity index (χ0v) is 16.4. The van der Waals surface area contributed by atoms with Gasteiger partial charge < -0.3 is 24.5 Å². The summed E-state index contributed by atoms with van der Waals surface area (Å²) in [4.78, 5) is 26.1. The summed E-state index contributed by atoms with van der Waals surface area (Å²) in [7, 11) is 3.11. The summed E-state index contributed by atoms with van der Waals surface area (Å²) in [5.74, 6) is 0.796. The van der Waals surface area contributed by atoms with Crippen molar-refractivity contribution in [3.8, 4) is 11.5 Å². The maximum Gasteiger partial charge on any atom is 0.229 e. The number of nitrogens with one attached hydrogen (secondary N) is 2. The van der Waals surface area contributed by atoms with Crippen LogP contribution in [0.5, 0.6) is 11.5 Å². The molecule has 0 spiro atoms. The van der Waals surface area contributed by atoms with Gasteiger partial charge >= 0.3 is 0 Å². The molecule has 2 bridgehead atoms. The zero-order chi connectivity index (χ0) is 20.4. The van der Waals surface area contributed by atoms with Gasteiger partial charge in [0.1, 0.15) is 17.3 Å². The highest BCUT2D eigenvalue weighted by Crippen LogP contribution is 2.48. The van der Waals surface area contributed by atoms with Gasteiger partial charge in [0.15, 0.2) is 0 Å². The van der Waals surface area contributed by atoms with Crippen molar-refractivity contribution in [3.63, 3.8) is 0 Å². The molecule has 152 valence electrons. The summed E-state index contributed by atoms with van der Waals surface area (Å²) in [6.07, 6.45) is 6.48. The molecule has 0 aliphatic heterocycles. The van der Waals surface area contributed by atoms with Crippen molar-refractivity contribution in [2.45, 2.75) is 13.0 Å². The average Bonchev–Trinajstić information content (AvgIpc) is 3.49. The van der Waals surface area contributed by atoms with E-state index >= 15 is 0 Å². The van der Waals surface area contributed by atoms with Gasteiger partial charge in [0.2, 0.25) is 11.8 Å². The third-order valence-corrected chi connectivity index (χ3v) is 5.75. The zero-order valence-electron chi connectivity index (χ0n) is 16.4. The van der Waals surface area contributed by atoms with Gasteiger partial charge in [0, 0.05) is 6.07 Å². The molecule has 1 saturated carbocycles. The topological polar surface area (TPSA) is 89.8 Å². The molecule has 7 heteroatoms. The number of allylic oxidation sites excluding steroid dienone is 2. The van der Waals surface area contributed by atoms with Crippen LogP contribution in [0.2, 0.25) is 0 Å². The van der Waals surface area contributed by atoms with Crippen LogP contribution in [0.15, 0.2) is 53.2 Å². The highest BCUT2D eigenvalue weighted by molar-refractivity contribution is 5.98. The minimum absolute atomic E-state index is 0.0518. The van der Waals surface area contributed by atoms with Crippen molar-refractivity contribution < 1.29 is 23.5 Å². The Morgan fingerprint density at radius 3 is 2.48 bits per heavy atom. The van der Waals surface area contributed by atoms with Gasteiger partial charge in [-0.05, 0) is 42.5 Å². The van der Waals surface area contributed by atoms with Gasteiger partial charge in [-0.1, -0.05) is 12.2 Å². The number of furan rings is 1. The fraction of sp³-hybridized carbons (Fsp3) is 0.364. The second kappa shape index (κ2) is 8.03. The molecule has 2 aromatic rings. The fourth-order valence-electron chi connectivity index (χ4n) is 4.37. The van der Waals surface area contributed by atoms with Crippen LogP contribution in [-0.4, -0.2) is 26.0 Å². The fourth-order valence-corrected chi connectivity index (χ4v) is 4.37. The molecule has 1 fully saturated rings. The Morgan fingerprint density at radius 1 is 1.07 bits per heavy atom. The van der Waals surface area contributed by atoms with Crippen LogP contribution in [0.25, 0.3) is 0 Å². The molecule has 0 unspecified atom stereocenters. The Kier molecular flexibility index (Phi) is 5.29. The predicted octanol–water partition coefficient (Wildman–Crippen LogP) is 2.99. The van der Waals surface area contributed by atoms with E-state index in [1.54, 1.807) is 50.8 Å². The highest BCUT2D eigenvalue weighted by Gasteiger charge is 2.51. The van der Waals surface area contributed by atoms with Crippen LogP contribution in [-0.2, 0) is 16.1 Å². The Labute approximate surface area is 169 Å². The second-order valence-corrected chi connectivity index (χ2v) is 7.35. The number of benzene rings is 1. The summed E-state index contributed by atoms with van der Waals surface area (Å²) in [5, 5.41) is 5.85. The van der Waals surface area contributed by atoms with Crippen LogP contribution >= 0.6 is 0 Å². The normalized spacial score (nSPS) is 24.3. The van der Waals surface area contributed by atoms with Crippen molar-refractivity contribution in [3.05, 3.63) is 54.5 Å². The maximum absolute atomic E-state index is 13.2. The molecule has 4 atom stereocenters. The summed E-state index contributed by atoms with van der Waals surface area (Å²) < 4.78 is 15.9. The lowest BCUT2D eigenvalue weighted by Gasteiger charge is -2.26. The lowest BCUT2D eigenvalue weighted by atomic mass is 9.81. The van der Waals surface area contributed by atoms with Crippen molar-refractivity contribution in [2.24, 2.45) is 23.7 Å². The number of methoxy groups -OCH3 is 2. The monoisotopic (exact) mass is 396 g/mol. The molecule has 2 aliphatic carbocycles. The average molecular weight is 396 g/mol. The minimum atomic E-state index is -0.433. The Balaban J connectivity index is 1.50. The van der Waals surface area contributed by atoms with Crippen LogP contribution in [0.4, 0.5) is 5.69 Å². The molecule has 1 heterocycles. The molecule has 7 nitrogen and oxygen atoms in total. The van der Waals surface area contributed by atoms with Gasteiger partial charge in [-0.3, -0.25) is 9.59 Å². The van der Waals surface area contributed by atoms with Crippen molar-refractivity contribution in [1.29, 1.82) is 0 Å². The molecule has 4 rings (SSSR count). The maximum atomic E-state index is 13.2. The third kappa shape index (κ3) is 3.72. The Hall–Kier alpha value is -3.22. The number of ether oxygens (including phenoxy) is 2. The minimum Gasteiger partial charge on any atom is -0.497 e. The van der Waals surface area contributed by atoms with Gasteiger partial charge in [-0.15, -0.1) is 0 Å². The Bertz CT molecular complexity index is 921. The van der Waals surface area contributed by atoms with Gasteiger partial charge in [-0.2, -0.15) is 0 Å². The first-order valence-corrected chi connectivity index (χ1v) is 9.62. The van der Waals surface area contributed by atoms with E-state index in [-0.39, 0.29) is 23.7 Å². The van der Waals surface area contributed by atoms with E-state index in [2.05, 4.69) is 16.7 Å². The summed E-state index contributed by atoms with van der Waals surface area (Å²) >= 11 is 0.